The van der Waals surface area contributed by atoms with Gasteiger partial charge in [-0.25, -0.2) is 14.0 Å². The highest BCUT2D eigenvalue weighted by molar-refractivity contribution is 5.72. The molecule has 0 radical (unpaired) electrons. The molecule has 3 N–H and O–H groups in total. The predicted octanol–water partition coefficient (Wildman–Crippen LogP) is -2.24. The molecular weight excluding hydrogens is 281 g/mol. The molecule has 10 heteroatoms. The third-order valence-corrected chi connectivity index (χ3v) is 1.94. The van der Waals surface area contributed by atoms with Gasteiger partial charge in [0.2, 0.25) is 0 Å². The third-order valence-electron chi connectivity index (χ3n) is 1.94. The van der Waals surface area contributed by atoms with Gasteiger partial charge in [-0.1, -0.05) is 5.16 Å². The minimum atomic E-state index is -2.06. The second-order valence-electron chi connectivity index (χ2n) is 3.40. The fraction of sp³-hybridized carbons (Fsp3) is 0.700. The van der Waals surface area contributed by atoms with E-state index in [9.17, 15) is 19.1 Å². The number of hydrogen-bond acceptors (Lipinski definition) is 9. The number of rotatable bonds is 9. The summed E-state index contributed by atoms with van der Waals surface area (Å²) in [5.74, 6) is -2.23. The number of esters is 2. The van der Waals surface area contributed by atoms with Crippen molar-refractivity contribution in [2.24, 2.45) is 5.16 Å². The zero-order valence-electron chi connectivity index (χ0n) is 10.6. The normalized spacial score (nSPS) is 15.4. The maximum Gasteiger partial charge on any atom is 0.332 e. The summed E-state index contributed by atoms with van der Waals surface area (Å²) in [4.78, 5) is 25.8. The van der Waals surface area contributed by atoms with Gasteiger partial charge in [-0.2, -0.15) is 0 Å². The Bertz CT molecular complexity index is 337. The van der Waals surface area contributed by atoms with Gasteiger partial charge in [0.1, 0.15) is 33.0 Å². The Morgan fingerprint density at radius 1 is 1.30 bits per heavy atom. The van der Waals surface area contributed by atoms with Gasteiger partial charge in [-0.3, -0.25) is 0 Å². The number of aliphatic hydroxyl groups is 3. The third kappa shape index (κ3) is 6.97. The number of nitrogens with zero attached hydrogens (tertiary/aromatic N) is 1. The number of oxime groups is 1. The van der Waals surface area contributed by atoms with E-state index < -0.39 is 50.1 Å². The van der Waals surface area contributed by atoms with Crippen LogP contribution < -0.4 is 0 Å². The fourth-order valence-electron chi connectivity index (χ4n) is 1.07. The highest BCUT2D eigenvalue weighted by Crippen LogP contribution is 2.09. The van der Waals surface area contributed by atoms with Gasteiger partial charge in [-0.05, 0) is 0 Å². The number of carbonyl (C=O) groups excluding carboxylic acids is 2. The topological polar surface area (TPSA) is 135 Å². The summed E-state index contributed by atoms with van der Waals surface area (Å²) in [7, 11) is 1.15. The Hall–Kier alpha value is -1.78. The maximum atomic E-state index is 13.7. The van der Waals surface area contributed by atoms with Crippen molar-refractivity contribution in [1.29, 1.82) is 0 Å². The lowest BCUT2D eigenvalue weighted by Crippen LogP contribution is -2.43. The van der Waals surface area contributed by atoms with E-state index in [-0.39, 0.29) is 0 Å². The Morgan fingerprint density at radius 3 is 2.40 bits per heavy atom. The number of aliphatic hydroxyl groups excluding tert-OH is 3. The van der Waals surface area contributed by atoms with Crippen LogP contribution in [0.3, 0.4) is 0 Å². The molecule has 0 aliphatic carbocycles. The van der Waals surface area contributed by atoms with Crippen LogP contribution in [0.2, 0.25) is 0 Å². The van der Waals surface area contributed by atoms with E-state index in [1.165, 1.54) is 0 Å². The molecule has 0 aromatic rings. The van der Waals surface area contributed by atoms with Crippen LogP contribution in [0.4, 0.5) is 4.39 Å². The highest BCUT2D eigenvalue weighted by atomic mass is 19.1. The van der Waals surface area contributed by atoms with E-state index in [4.69, 9.17) is 10.2 Å². The molecule has 0 amide bonds. The first-order valence-corrected chi connectivity index (χ1v) is 5.41. The molecule has 0 rings (SSSR count). The van der Waals surface area contributed by atoms with Gasteiger partial charge in [0.05, 0.1) is 6.21 Å². The average Bonchev–Trinajstić information content (AvgIpc) is 2.46. The highest BCUT2D eigenvalue weighted by Gasteiger charge is 2.32. The number of carbonyl (C=O) groups is 2. The van der Waals surface area contributed by atoms with E-state index in [1.807, 2.05) is 0 Å². The number of ether oxygens (including phenoxy) is 2. The molecule has 3 atom stereocenters. The van der Waals surface area contributed by atoms with Crippen molar-refractivity contribution in [3.63, 3.8) is 0 Å². The summed E-state index contributed by atoms with van der Waals surface area (Å²) in [6.45, 7) is -2.66. The monoisotopic (exact) mass is 297 g/mol. The lowest BCUT2D eigenvalue weighted by molar-refractivity contribution is -0.167. The van der Waals surface area contributed by atoms with Crippen molar-refractivity contribution in [2.75, 3.05) is 26.9 Å². The van der Waals surface area contributed by atoms with Crippen molar-refractivity contribution in [3.05, 3.63) is 0 Å². The van der Waals surface area contributed by atoms with Crippen molar-refractivity contribution >= 4 is 18.2 Å². The quantitative estimate of drug-likeness (QED) is 0.247. The molecule has 116 valence electrons. The molecule has 0 bridgehead atoms. The van der Waals surface area contributed by atoms with Crippen LogP contribution in [0, 0.1) is 0 Å². The van der Waals surface area contributed by atoms with Crippen LogP contribution in [0.5, 0.6) is 0 Å². The summed E-state index contributed by atoms with van der Waals surface area (Å²) in [5, 5.41) is 29.6. The first-order valence-electron chi connectivity index (χ1n) is 5.41. The molecule has 0 unspecified atom stereocenters. The second-order valence-corrected chi connectivity index (χ2v) is 3.40. The first kappa shape index (κ1) is 18.2. The van der Waals surface area contributed by atoms with Gasteiger partial charge in [0.15, 0.2) is 12.3 Å². The Labute approximate surface area is 113 Å². The minimum Gasteiger partial charge on any atom is -0.461 e. The van der Waals surface area contributed by atoms with Gasteiger partial charge < -0.3 is 29.6 Å². The number of halogens is 1. The lowest BCUT2D eigenvalue weighted by atomic mass is 10.1. The average molecular weight is 297 g/mol. The molecule has 0 spiro atoms. The second kappa shape index (κ2) is 10.1. The van der Waals surface area contributed by atoms with E-state index >= 15 is 0 Å². The Morgan fingerprint density at radius 2 is 1.90 bits per heavy atom. The van der Waals surface area contributed by atoms with Crippen molar-refractivity contribution in [3.8, 4) is 0 Å². The summed E-state index contributed by atoms with van der Waals surface area (Å²) in [5.41, 5.74) is 0. The van der Waals surface area contributed by atoms with Crippen LogP contribution in [-0.2, 0) is 23.9 Å². The SMILES string of the molecule is CON=C[C@@H](F)[C@H](OC(=O)CO)[C@H](O)COC(=O)CO. The number of alkyl halides is 1. The molecule has 0 saturated carbocycles. The van der Waals surface area contributed by atoms with Gasteiger partial charge in [0, 0.05) is 0 Å². The lowest BCUT2D eigenvalue weighted by Gasteiger charge is -2.23. The molecule has 0 fully saturated rings. The zero-order chi connectivity index (χ0) is 15.5. The van der Waals surface area contributed by atoms with Crippen LogP contribution in [0.1, 0.15) is 0 Å². The summed E-state index contributed by atoms with van der Waals surface area (Å²) >= 11 is 0. The first-order chi connectivity index (χ1) is 9.46. The minimum absolute atomic E-state index is 0.617. The molecule has 0 aromatic heterocycles. The molecule has 0 aromatic carbocycles. The van der Waals surface area contributed by atoms with E-state index in [2.05, 4.69) is 19.5 Å². The standard InChI is InChI=1S/C10H16FNO8/c1-18-12-2-6(11)10(20-9(17)4-14)7(15)5-19-8(16)3-13/h2,6-7,10,13-15H,3-5H2,1H3/t6-,7-,10+/m1/s1. The fourth-order valence-corrected chi connectivity index (χ4v) is 1.07. The van der Waals surface area contributed by atoms with E-state index in [0.29, 0.717) is 6.21 Å². The molecule has 9 nitrogen and oxygen atoms in total. The van der Waals surface area contributed by atoms with Gasteiger partial charge >= 0.3 is 11.9 Å². The molecule has 0 heterocycles. The predicted molar refractivity (Wildman–Crippen MR) is 61.4 cm³/mol. The molecule has 0 aliphatic rings. The zero-order valence-corrected chi connectivity index (χ0v) is 10.6. The summed E-state index contributed by atoms with van der Waals surface area (Å²) in [6.07, 6.45) is -4.93. The van der Waals surface area contributed by atoms with E-state index in [0.717, 1.165) is 7.11 Å². The van der Waals surface area contributed by atoms with Crippen LogP contribution in [0.25, 0.3) is 0 Å². The molecule has 0 aliphatic heterocycles. The van der Waals surface area contributed by atoms with Crippen LogP contribution >= 0.6 is 0 Å². The van der Waals surface area contributed by atoms with Gasteiger partial charge in [-0.15, -0.1) is 0 Å². The van der Waals surface area contributed by atoms with Crippen molar-refractivity contribution in [1.82, 2.24) is 0 Å². The smallest absolute Gasteiger partial charge is 0.332 e. The van der Waals surface area contributed by atoms with Crippen LogP contribution in [0.15, 0.2) is 5.16 Å². The largest absolute Gasteiger partial charge is 0.461 e. The molecule has 0 saturated heterocycles. The Balaban J connectivity index is 4.68. The Kier molecular flexibility index (Phi) is 9.17. The molecular formula is C10H16FNO8. The summed E-state index contributed by atoms with van der Waals surface area (Å²) < 4.78 is 22.5. The number of hydrogen-bond donors (Lipinski definition) is 3. The van der Waals surface area contributed by atoms with Crippen LogP contribution in [-0.4, -0.2) is 78.8 Å². The van der Waals surface area contributed by atoms with Gasteiger partial charge in [0.25, 0.3) is 0 Å². The van der Waals surface area contributed by atoms with Crippen molar-refractivity contribution < 1.29 is 43.6 Å². The maximum absolute atomic E-state index is 13.7. The molecule has 20 heavy (non-hydrogen) atoms. The van der Waals surface area contributed by atoms with E-state index in [1.54, 1.807) is 0 Å². The summed E-state index contributed by atoms with van der Waals surface area (Å²) in [6, 6.07) is 0. The van der Waals surface area contributed by atoms with Crippen molar-refractivity contribution in [2.45, 2.75) is 18.4 Å².